The minimum Gasteiger partial charge on any atom is -0.457 e. The van der Waals surface area contributed by atoms with Gasteiger partial charge in [-0.25, -0.2) is 4.39 Å². The van der Waals surface area contributed by atoms with Crippen molar-refractivity contribution in [3.05, 3.63) is 83.5 Å². The number of carbonyl (C=O) groups is 2. The highest BCUT2D eigenvalue weighted by molar-refractivity contribution is 5.98. The van der Waals surface area contributed by atoms with Gasteiger partial charge in [0.15, 0.2) is 0 Å². The highest BCUT2D eigenvalue weighted by atomic mass is 19.1. The summed E-state index contributed by atoms with van der Waals surface area (Å²) in [5.74, 6) is 0.269. The van der Waals surface area contributed by atoms with Gasteiger partial charge in [-0.15, -0.1) is 0 Å². The van der Waals surface area contributed by atoms with E-state index >= 15 is 0 Å². The van der Waals surface area contributed by atoms with Crippen molar-refractivity contribution < 1.29 is 18.7 Å². The van der Waals surface area contributed by atoms with E-state index in [2.05, 4.69) is 10.6 Å². The van der Waals surface area contributed by atoms with E-state index in [1.165, 1.54) is 42.7 Å². The van der Waals surface area contributed by atoms with Gasteiger partial charge in [-0.1, -0.05) is 12.1 Å². The highest BCUT2D eigenvalue weighted by Gasteiger charge is 2.23. The largest absolute Gasteiger partial charge is 0.457 e. The summed E-state index contributed by atoms with van der Waals surface area (Å²) in [5, 5.41) is 5.34. The normalized spacial score (nSPS) is 14.0. The third-order valence-corrected chi connectivity index (χ3v) is 4.28. The fourth-order valence-electron chi connectivity index (χ4n) is 2.70. The molecule has 0 heterocycles. The molecule has 1 aliphatic rings. The van der Waals surface area contributed by atoms with Crippen LogP contribution in [0.3, 0.4) is 0 Å². The molecule has 6 heteroatoms. The number of benzene rings is 2. The lowest BCUT2D eigenvalue weighted by Crippen LogP contribution is -2.23. The molecule has 5 nitrogen and oxygen atoms in total. The molecule has 0 radical (unpaired) electrons. The summed E-state index contributed by atoms with van der Waals surface area (Å²) < 4.78 is 19.6. The average molecular weight is 380 g/mol. The monoisotopic (exact) mass is 380 g/mol. The molecule has 28 heavy (non-hydrogen) atoms. The molecule has 0 aliphatic heterocycles. The van der Waals surface area contributed by atoms with E-state index in [1.807, 2.05) is 24.3 Å². The Morgan fingerprint density at radius 3 is 2.57 bits per heavy atom. The van der Waals surface area contributed by atoms with Crippen molar-refractivity contribution in [2.45, 2.75) is 18.8 Å². The number of halogens is 1. The molecule has 0 spiro atoms. The molecule has 1 saturated carbocycles. The number of hydrogen-bond acceptors (Lipinski definition) is 4. The molecule has 2 aromatic carbocycles. The number of nitrogens with one attached hydrogen (secondary N) is 2. The van der Waals surface area contributed by atoms with Crippen LogP contribution in [0.15, 0.2) is 66.5 Å². The van der Waals surface area contributed by atoms with Crippen molar-refractivity contribution in [2.24, 2.45) is 0 Å². The van der Waals surface area contributed by atoms with Gasteiger partial charge in [0.25, 0.3) is 5.91 Å². The van der Waals surface area contributed by atoms with Crippen molar-refractivity contribution in [3.8, 4) is 11.5 Å². The lowest BCUT2D eigenvalue weighted by molar-refractivity contribution is -0.104. The van der Waals surface area contributed by atoms with Crippen molar-refractivity contribution in [2.75, 3.05) is 7.05 Å². The number of carbonyl (C=O) groups excluding carboxylic acids is 2. The quantitative estimate of drug-likeness (QED) is 0.412. The summed E-state index contributed by atoms with van der Waals surface area (Å²) in [4.78, 5) is 23.4. The standard InChI is InChI=1S/C22H21FN2O3/c1-24-12-10-18(11-13-26)25-22(27)20-14-17(23)6-9-21(20)28-19-7-4-16(5-8-19)15-2-3-15/h4-15,24H,2-3H2,1H3,(H,25,27)/b12-10-,18-11+. The average Bonchev–Trinajstić information content (AvgIpc) is 3.53. The van der Waals surface area contributed by atoms with Gasteiger partial charge in [-0.2, -0.15) is 0 Å². The van der Waals surface area contributed by atoms with Crippen LogP contribution < -0.4 is 15.4 Å². The first-order chi connectivity index (χ1) is 13.6. The zero-order chi connectivity index (χ0) is 19.9. The molecule has 2 N–H and O–H groups in total. The van der Waals surface area contributed by atoms with Gasteiger partial charge in [0.1, 0.15) is 23.6 Å². The van der Waals surface area contributed by atoms with E-state index in [0.717, 1.165) is 6.07 Å². The third-order valence-electron chi connectivity index (χ3n) is 4.28. The van der Waals surface area contributed by atoms with Gasteiger partial charge in [-0.05, 0) is 66.9 Å². The zero-order valence-electron chi connectivity index (χ0n) is 15.4. The first kappa shape index (κ1) is 19.4. The van der Waals surface area contributed by atoms with Crippen LogP contribution in [0.2, 0.25) is 0 Å². The number of ether oxygens (including phenoxy) is 1. The van der Waals surface area contributed by atoms with Gasteiger partial charge in [0, 0.05) is 18.8 Å². The van der Waals surface area contributed by atoms with Crippen molar-refractivity contribution in [1.82, 2.24) is 10.6 Å². The van der Waals surface area contributed by atoms with Gasteiger partial charge < -0.3 is 15.4 Å². The Bertz CT molecular complexity index is 916. The van der Waals surface area contributed by atoms with E-state index in [0.29, 0.717) is 18.0 Å². The molecule has 0 unspecified atom stereocenters. The van der Waals surface area contributed by atoms with Crippen molar-refractivity contribution in [3.63, 3.8) is 0 Å². The lowest BCUT2D eigenvalue weighted by Gasteiger charge is -2.12. The van der Waals surface area contributed by atoms with Crippen LogP contribution in [0.5, 0.6) is 11.5 Å². The third kappa shape index (κ3) is 5.07. The van der Waals surface area contributed by atoms with Crippen molar-refractivity contribution in [1.29, 1.82) is 0 Å². The Labute approximate surface area is 162 Å². The van der Waals surface area contributed by atoms with E-state index in [9.17, 15) is 14.0 Å². The first-order valence-electron chi connectivity index (χ1n) is 8.98. The predicted octanol–water partition coefficient (Wildman–Crippen LogP) is 4.04. The minimum absolute atomic E-state index is 0.0286. The molecule has 2 aromatic rings. The minimum atomic E-state index is -0.585. The second-order valence-electron chi connectivity index (χ2n) is 6.42. The number of amides is 1. The van der Waals surface area contributed by atoms with Crippen LogP contribution in [0.1, 0.15) is 34.7 Å². The first-order valence-corrected chi connectivity index (χ1v) is 8.98. The maximum atomic E-state index is 13.8. The van der Waals surface area contributed by atoms with Crippen LogP contribution in [-0.2, 0) is 4.79 Å². The van der Waals surface area contributed by atoms with E-state index in [1.54, 1.807) is 13.2 Å². The molecular formula is C22H21FN2O3. The summed E-state index contributed by atoms with van der Waals surface area (Å²) in [6, 6.07) is 11.4. The summed E-state index contributed by atoms with van der Waals surface area (Å²) in [6.45, 7) is 0. The smallest absolute Gasteiger partial charge is 0.259 e. The summed E-state index contributed by atoms with van der Waals surface area (Å²) in [6.07, 6.45) is 7.24. The van der Waals surface area contributed by atoms with E-state index in [-0.39, 0.29) is 17.0 Å². The zero-order valence-corrected chi connectivity index (χ0v) is 15.4. The number of hydrogen-bond donors (Lipinski definition) is 2. The van der Waals surface area contributed by atoms with E-state index < -0.39 is 11.7 Å². The second-order valence-corrected chi connectivity index (χ2v) is 6.42. The number of allylic oxidation sites excluding steroid dienone is 2. The predicted molar refractivity (Wildman–Crippen MR) is 105 cm³/mol. The maximum Gasteiger partial charge on any atom is 0.259 e. The Morgan fingerprint density at radius 2 is 1.93 bits per heavy atom. The van der Waals surface area contributed by atoms with Gasteiger partial charge in [-0.3, -0.25) is 9.59 Å². The molecule has 0 aromatic heterocycles. The Kier molecular flexibility index (Phi) is 6.22. The molecule has 1 amide bonds. The Hall–Kier alpha value is -3.41. The summed E-state index contributed by atoms with van der Waals surface area (Å²) in [7, 11) is 1.68. The molecular weight excluding hydrogens is 359 g/mol. The lowest BCUT2D eigenvalue weighted by atomic mass is 10.1. The van der Waals surface area contributed by atoms with Crippen LogP contribution in [0.4, 0.5) is 4.39 Å². The van der Waals surface area contributed by atoms with Gasteiger partial charge in [0.05, 0.1) is 5.56 Å². The van der Waals surface area contributed by atoms with Crippen LogP contribution in [-0.4, -0.2) is 19.2 Å². The SMILES string of the molecule is CN/C=C\C(=C/C=O)NC(=O)c1cc(F)ccc1Oc1ccc(C2CC2)cc1. The number of rotatable bonds is 8. The molecule has 1 fully saturated rings. The van der Waals surface area contributed by atoms with Gasteiger partial charge >= 0.3 is 0 Å². The summed E-state index contributed by atoms with van der Waals surface area (Å²) in [5.41, 5.74) is 1.56. The Balaban J connectivity index is 1.81. The van der Waals surface area contributed by atoms with Crippen LogP contribution in [0.25, 0.3) is 0 Å². The number of aldehydes is 1. The molecule has 144 valence electrons. The molecule has 1 aliphatic carbocycles. The molecule has 0 bridgehead atoms. The fraction of sp³-hybridized carbons (Fsp3) is 0.182. The molecule has 3 rings (SSSR count). The van der Waals surface area contributed by atoms with E-state index in [4.69, 9.17) is 4.74 Å². The summed E-state index contributed by atoms with van der Waals surface area (Å²) >= 11 is 0. The topological polar surface area (TPSA) is 67.4 Å². The maximum absolute atomic E-state index is 13.8. The second kappa shape index (κ2) is 8.99. The molecule has 0 atom stereocenters. The van der Waals surface area contributed by atoms with Gasteiger partial charge in [0.2, 0.25) is 0 Å². The molecule has 0 saturated heterocycles. The van der Waals surface area contributed by atoms with Crippen LogP contribution >= 0.6 is 0 Å². The van der Waals surface area contributed by atoms with Crippen LogP contribution in [0, 0.1) is 5.82 Å². The highest BCUT2D eigenvalue weighted by Crippen LogP contribution is 2.40. The Morgan fingerprint density at radius 1 is 1.18 bits per heavy atom. The fourth-order valence-corrected chi connectivity index (χ4v) is 2.70. The van der Waals surface area contributed by atoms with Crippen molar-refractivity contribution >= 4 is 12.2 Å².